The Morgan fingerprint density at radius 1 is 1.48 bits per heavy atom. The third kappa shape index (κ3) is 5.13. The third-order valence-electron chi connectivity index (χ3n) is 3.28. The van der Waals surface area contributed by atoms with Gasteiger partial charge in [0.15, 0.2) is 0 Å². The zero-order valence-corrected chi connectivity index (χ0v) is 11.9. The monoisotopic (exact) mass is 292 g/mol. The highest BCUT2D eigenvalue weighted by Gasteiger charge is 2.10. The molecule has 1 fully saturated rings. The smallest absolute Gasteiger partial charge is 0.252 e. The van der Waals surface area contributed by atoms with Gasteiger partial charge in [-0.3, -0.25) is 14.7 Å². The average molecular weight is 292 g/mol. The predicted octanol–water partition coefficient (Wildman–Crippen LogP) is 0.342. The van der Waals surface area contributed by atoms with E-state index in [9.17, 15) is 4.79 Å². The fourth-order valence-electron chi connectivity index (χ4n) is 2.11. The molecule has 7 nitrogen and oxygen atoms in total. The summed E-state index contributed by atoms with van der Waals surface area (Å²) in [5.41, 5.74) is 0.998. The Bertz CT molecular complexity index is 470. The van der Waals surface area contributed by atoms with Crippen LogP contribution in [0.25, 0.3) is 0 Å². The number of carbonyl (C=O) groups excluding carboxylic acids is 1. The van der Waals surface area contributed by atoms with E-state index in [-0.39, 0.29) is 5.91 Å². The topological polar surface area (TPSA) is 87.1 Å². The van der Waals surface area contributed by atoms with Gasteiger partial charge in [-0.1, -0.05) is 5.16 Å². The van der Waals surface area contributed by atoms with Crippen molar-refractivity contribution >= 4 is 12.1 Å². The number of nitrogens with one attached hydrogen (secondary N) is 1. The fourth-order valence-corrected chi connectivity index (χ4v) is 2.11. The Balaban J connectivity index is 1.68. The molecule has 21 heavy (non-hydrogen) atoms. The van der Waals surface area contributed by atoms with Crippen LogP contribution < -0.4 is 5.32 Å². The van der Waals surface area contributed by atoms with Gasteiger partial charge < -0.3 is 15.3 Å². The number of hydrogen-bond acceptors (Lipinski definition) is 6. The maximum Gasteiger partial charge on any atom is 0.252 e. The maximum absolute atomic E-state index is 11.9. The summed E-state index contributed by atoms with van der Waals surface area (Å²) in [6.07, 6.45) is 3.59. The summed E-state index contributed by atoms with van der Waals surface area (Å²) in [6.45, 7) is 5.12. The molecule has 1 aliphatic heterocycles. The highest BCUT2D eigenvalue weighted by Crippen LogP contribution is 2.00. The van der Waals surface area contributed by atoms with E-state index in [1.54, 1.807) is 12.1 Å². The molecule has 7 heteroatoms. The van der Waals surface area contributed by atoms with Crippen LogP contribution in [0.1, 0.15) is 22.5 Å². The van der Waals surface area contributed by atoms with E-state index in [4.69, 9.17) is 9.94 Å². The second-order valence-corrected chi connectivity index (χ2v) is 4.78. The van der Waals surface area contributed by atoms with E-state index in [1.807, 2.05) is 0 Å². The summed E-state index contributed by atoms with van der Waals surface area (Å²) in [7, 11) is 0. The second kappa shape index (κ2) is 8.33. The molecule has 114 valence electrons. The van der Waals surface area contributed by atoms with Crippen LogP contribution in [-0.4, -0.2) is 66.6 Å². The molecule has 0 saturated carbocycles. The Labute approximate surface area is 123 Å². The van der Waals surface area contributed by atoms with Gasteiger partial charge in [-0.25, -0.2) is 0 Å². The van der Waals surface area contributed by atoms with Gasteiger partial charge in [0.1, 0.15) is 0 Å². The van der Waals surface area contributed by atoms with E-state index in [1.165, 1.54) is 12.4 Å². The van der Waals surface area contributed by atoms with Crippen molar-refractivity contribution in [3.63, 3.8) is 0 Å². The number of morpholine rings is 1. The molecule has 0 aromatic carbocycles. The molecule has 0 spiro atoms. The van der Waals surface area contributed by atoms with Crippen LogP contribution >= 0.6 is 0 Å². The molecule has 2 heterocycles. The van der Waals surface area contributed by atoms with Gasteiger partial charge >= 0.3 is 0 Å². The van der Waals surface area contributed by atoms with Gasteiger partial charge in [-0.2, -0.15) is 0 Å². The van der Waals surface area contributed by atoms with Crippen LogP contribution in [0.5, 0.6) is 0 Å². The molecular formula is C14H20N4O3. The van der Waals surface area contributed by atoms with E-state index in [0.717, 1.165) is 39.3 Å². The first-order valence-corrected chi connectivity index (χ1v) is 7.01. The molecule has 0 bridgehead atoms. The summed E-state index contributed by atoms with van der Waals surface area (Å²) in [4.78, 5) is 18.2. The van der Waals surface area contributed by atoms with Gasteiger partial charge in [0.25, 0.3) is 5.91 Å². The normalized spacial score (nSPS) is 16.2. The number of rotatable bonds is 6. The molecule has 0 aliphatic carbocycles. The molecule has 1 aromatic heterocycles. The van der Waals surface area contributed by atoms with Gasteiger partial charge in [0, 0.05) is 25.8 Å². The van der Waals surface area contributed by atoms with Crippen molar-refractivity contribution in [1.29, 1.82) is 0 Å². The highest BCUT2D eigenvalue weighted by atomic mass is 16.5. The van der Waals surface area contributed by atoms with E-state index in [2.05, 4.69) is 20.4 Å². The molecule has 1 aromatic rings. The number of carbonyl (C=O) groups is 1. The highest BCUT2D eigenvalue weighted by molar-refractivity contribution is 5.94. The summed E-state index contributed by atoms with van der Waals surface area (Å²) >= 11 is 0. The number of aromatic nitrogens is 1. The van der Waals surface area contributed by atoms with E-state index < -0.39 is 0 Å². The second-order valence-electron chi connectivity index (χ2n) is 4.78. The van der Waals surface area contributed by atoms with E-state index >= 15 is 0 Å². The predicted molar refractivity (Wildman–Crippen MR) is 77.8 cm³/mol. The van der Waals surface area contributed by atoms with Crippen LogP contribution in [0.15, 0.2) is 23.5 Å². The minimum Gasteiger partial charge on any atom is -0.411 e. The Hall–Kier alpha value is -1.99. The van der Waals surface area contributed by atoms with Gasteiger partial charge in [0.2, 0.25) is 0 Å². The number of oxime groups is 1. The lowest BCUT2D eigenvalue weighted by molar-refractivity contribution is 0.0374. The number of amides is 1. The first-order chi connectivity index (χ1) is 10.3. The first-order valence-electron chi connectivity index (χ1n) is 7.01. The van der Waals surface area contributed by atoms with Crippen molar-refractivity contribution in [3.05, 3.63) is 29.6 Å². The molecule has 2 N–H and O–H groups in total. The molecule has 0 atom stereocenters. The third-order valence-corrected chi connectivity index (χ3v) is 3.28. The van der Waals surface area contributed by atoms with E-state index in [0.29, 0.717) is 17.8 Å². The molecule has 0 unspecified atom stereocenters. The Morgan fingerprint density at radius 3 is 2.95 bits per heavy atom. The number of pyridine rings is 1. The number of nitrogens with zero attached hydrogens (tertiary/aromatic N) is 3. The van der Waals surface area contributed by atoms with Crippen molar-refractivity contribution < 1.29 is 14.7 Å². The minimum atomic E-state index is -0.142. The first kappa shape index (κ1) is 15.4. The fraction of sp³-hybridized carbons (Fsp3) is 0.500. The summed E-state index contributed by atoms with van der Waals surface area (Å²) in [5, 5.41) is 14.1. The Kier molecular flexibility index (Phi) is 6.11. The van der Waals surface area contributed by atoms with Crippen molar-refractivity contribution in [2.75, 3.05) is 39.4 Å². The molecule has 2 rings (SSSR count). The quantitative estimate of drug-likeness (QED) is 0.342. The Morgan fingerprint density at radius 2 is 2.29 bits per heavy atom. The standard InChI is InChI=1S/C14H20N4O3/c19-14(12-2-3-13(11-17-20)16-10-12)15-4-1-5-18-6-8-21-9-7-18/h2-3,10-11,20H,1,4-9H2,(H,15,19)/b17-11-. The van der Waals surface area contributed by atoms with Crippen LogP contribution in [0.2, 0.25) is 0 Å². The lowest BCUT2D eigenvalue weighted by atomic mass is 10.2. The lowest BCUT2D eigenvalue weighted by Gasteiger charge is -2.26. The van der Waals surface area contributed by atoms with Crippen molar-refractivity contribution in [2.24, 2.45) is 5.16 Å². The maximum atomic E-state index is 11.9. The zero-order chi connectivity index (χ0) is 14.9. The zero-order valence-electron chi connectivity index (χ0n) is 11.9. The van der Waals surface area contributed by atoms with Crippen LogP contribution in [-0.2, 0) is 4.74 Å². The number of hydrogen-bond donors (Lipinski definition) is 2. The van der Waals surface area contributed by atoms with Crippen molar-refractivity contribution in [1.82, 2.24) is 15.2 Å². The minimum absolute atomic E-state index is 0.142. The largest absolute Gasteiger partial charge is 0.411 e. The SMILES string of the molecule is O=C(NCCCN1CCOCC1)c1ccc(/C=N\O)nc1. The summed E-state index contributed by atoms with van der Waals surface area (Å²) < 4.78 is 5.29. The molecular weight excluding hydrogens is 272 g/mol. The lowest BCUT2D eigenvalue weighted by Crippen LogP contribution is -2.38. The number of ether oxygens (including phenoxy) is 1. The average Bonchev–Trinajstić information content (AvgIpc) is 2.53. The van der Waals surface area contributed by atoms with Gasteiger partial charge in [-0.15, -0.1) is 0 Å². The summed E-state index contributed by atoms with van der Waals surface area (Å²) in [6, 6.07) is 3.28. The van der Waals surface area contributed by atoms with Crippen LogP contribution in [0.3, 0.4) is 0 Å². The van der Waals surface area contributed by atoms with Crippen LogP contribution in [0.4, 0.5) is 0 Å². The van der Waals surface area contributed by atoms with Gasteiger partial charge in [0.05, 0.1) is 30.7 Å². The summed E-state index contributed by atoms with van der Waals surface area (Å²) in [5.74, 6) is -0.142. The van der Waals surface area contributed by atoms with Crippen molar-refractivity contribution in [2.45, 2.75) is 6.42 Å². The van der Waals surface area contributed by atoms with Crippen molar-refractivity contribution in [3.8, 4) is 0 Å². The molecule has 0 radical (unpaired) electrons. The molecule has 1 amide bonds. The van der Waals surface area contributed by atoms with Gasteiger partial charge in [-0.05, 0) is 25.1 Å². The molecule has 1 saturated heterocycles. The van der Waals surface area contributed by atoms with Crippen LogP contribution in [0, 0.1) is 0 Å². The molecule has 1 aliphatic rings.